The highest BCUT2D eigenvalue weighted by molar-refractivity contribution is 5.83. The maximum Gasteiger partial charge on any atom is 0.123 e. The molecule has 1 heterocycles. The number of rotatable bonds is 3. The van der Waals surface area contributed by atoms with Gasteiger partial charge in [-0.3, -0.25) is 0 Å². The normalized spacial score (nSPS) is 10.6. The van der Waals surface area contributed by atoms with Crippen molar-refractivity contribution < 1.29 is 4.39 Å². The third-order valence-electron chi connectivity index (χ3n) is 2.35. The second kappa shape index (κ2) is 3.66. The first-order chi connectivity index (χ1) is 6.81. The Morgan fingerprint density at radius 2 is 2.29 bits per heavy atom. The smallest absolute Gasteiger partial charge is 0.123 e. The number of H-pyrrole nitrogens is 1. The maximum absolute atomic E-state index is 13.0. The minimum Gasteiger partial charge on any atom is -0.361 e. The fraction of sp³-hybridized carbons (Fsp3) is 0.167. The molecular formula is C12H12FN. The van der Waals surface area contributed by atoms with Gasteiger partial charge in [0, 0.05) is 17.1 Å². The molecule has 0 aliphatic carbocycles. The Labute approximate surface area is 82.3 Å². The van der Waals surface area contributed by atoms with Crippen LogP contribution in [0.3, 0.4) is 0 Å². The summed E-state index contributed by atoms with van der Waals surface area (Å²) < 4.78 is 13.0. The van der Waals surface area contributed by atoms with Gasteiger partial charge in [-0.25, -0.2) is 4.39 Å². The van der Waals surface area contributed by atoms with Crippen LogP contribution in [0.25, 0.3) is 10.9 Å². The van der Waals surface area contributed by atoms with E-state index in [-0.39, 0.29) is 5.82 Å². The zero-order valence-corrected chi connectivity index (χ0v) is 7.89. The van der Waals surface area contributed by atoms with Crippen molar-refractivity contribution in [2.24, 2.45) is 0 Å². The van der Waals surface area contributed by atoms with E-state index in [0.717, 1.165) is 29.3 Å². The van der Waals surface area contributed by atoms with Gasteiger partial charge in [0.1, 0.15) is 5.82 Å². The van der Waals surface area contributed by atoms with Crippen LogP contribution in [0.1, 0.15) is 12.0 Å². The topological polar surface area (TPSA) is 15.8 Å². The summed E-state index contributed by atoms with van der Waals surface area (Å²) in [5.74, 6) is -0.183. The SMILES string of the molecule is C=CCCc1c[nH]c2ccc(F)cc12. The van der Waals surface area contributed by atoms with Crippen LogP contribution >= 0.6 is 0 Å². The number of nitrogens with one attached hydrogen (secondary N) is 1. The lowest BCUT2D eigenvalue weighted by atomic mass is 10.1. The zero-order chi connectivity index (χ0) is 9.97. The fourth-order valence-electron chi connectivity index (χ4n) is 1.62. The quantitative estimate of drug-likeness (QED) is 0.712. The molecule has 0 radical (unpaired) electrons. The molecule has 0 atom stereocenters. The molecule has 0 bridgehead atoms. The van der Waals surface area contributed by atoms with Crippen molar-refractivity contribution in [3.63, 3.8) is 0 Å². The summed E-state index contributed by atoms with van der Waals surface area (Å²) in [6.07, 6.45) is 5.64. The summed E-state index contributed by atoms with van der Waals surface area (Å²) in [6, 6.07) is 4.81. The van der Waals surface area contributed by atoms with Gasteiger partial charge in [-0.05, 0) is 36.6 Å². The zero-order valence-electron chi connectivity index (χ0n) is 7.89. The lowest BCUT2D eigenvalue weighted by Crippen LogP contribution is -1.81. The Hall–Kier alpha value is -1.57. The third kappa shape index (κ3) is 1.55. The van der Waals surface area contributed by atoms with Crippen LogP contribution < -0.4 is 0 Å². The monoisotopic (exact) mass is 189 g/mol. The van der Waals surface area contributed by atoms with Crippen molar-refractivity contribution in [1.29, 1.82) is 0 Å². The highest BCUT2D eigenvalue weighted by Gasteiger charge is 2.03. The summed E-state index contributed by atoms with van der Waals surface area (Å²) in [4.78, 5) is 3.12. The fourth-order valence-corrected chi connectivity index (χ4v) is 1.62. The second-order valence-corrected chi connectivity index (χ2v) is 3.33. The van der Waals surface area contributed by atoms with E-state index < -0.39 is 0 Å². The van der Waals surface area contributed by atoms with E-state index >= 15 is 0 Å². The molecule has 0 fully saturated rings. The van der Waals surface area contributed by atoms with Gasteiger partial charge in [-0.2, -0.15) is 0 Å². The molecule has 2 aromatic rings. The molecule has 1 aromatic carbocycles. The van der Waals surface area contributed by atoms with Crippen molar-refractivity contribution in [3.8, 4) is 0 Å². The van der Waals surface area contributed by atoms with Crippen molar-refractivity contribution in [2.45, 2.75) is 12.8 Å². The molecule has 0 aliphatic heterocycles. The molecule has 0 amide bonds. The highest BCUT2D eigenvalue weighted by atomic mass is 19.1. The van der Waals surface area contributed by atoms with Crippen molar-refractivity contribution in [1.82, 2.24) is 4.98 Å². The van der Waals surface area contributed by atoms with Gasteiger partial charge in [0.25, 0.3) is 0 Å². The molecule has 0 saturated carbocycles. The van der Waals surface area contributed by atoms with Crippen molar-refractivity contribution >= 4 is 10.9 Å². The van der Waals surface area contributed by atoms with E-state index in [2.05, 4.69) is 11.6 Å². The van der Waals surface area contributed by atoms with E-state index in [0.29, 0.717) is 0 Å². The highest BCUT2D eigenvalue weighted by Crippen LogP contribution is 2.20. The van der Waals surface area contributed by atoms with E-state index in [1.165, 1.54) is 6.07 Å². The van der Waals surface area contributed by atoms with Crippen molar-refractivity contribution in [3.05, 3.63) is 48.4 Å². The molecule has 72 valence electrons. The first-order valence-electron chi connectivity index (χ1n) is 4.67. The number of halogens is 1. The van der Waals surface area contributed by atoms with Crippen LogP contribution in [0.2, 0.25) is 0 Å². The molecule has 1 N–H and O–H groups in total. The van der Waals surface area contributed by atoms with E-state index in [4.69, 9.17) is 0 Å². The Bertz CT molecular complexity index is 456. The van der Waals surface area contributed by atoms with Gasteiger partial charge in [0.2, 0.25) is 0 Å². The number of allylic oxidation sites excluding steroid dienone is 1. The Morgan fingerprint density at radius 3 is 3.07 bits per heavy atom. The number of benzene rings is 1. The molecule has 0 saturated heterocycles. The van der Waals surface area contributed by atoms with E-state index in [1.54, 1.807) is 12.1 Å². The lowest BCUT2D eigenvalue weighted by Gasteiger charge is -1.95. The van der Waals surface area contributed by atoms with Crippen LogP contribution in [0.5, 0.6) is 0 Å². The molecular weight excluding hydrogens is 177 g/mol. The van der Waals surface area contributed by atoms with Crippen LogP contribution in [0, 0.1) is 5.82 Å². The molecule has 2 heteroatoms. The van der Waals surface area contributed by atoms with Gasteiger partial charge in [-0.15, -0.1) is 6.58 Å². The summed E-state index contributed by atoms with van der Waals surface area (Å²) in [6.45, 7) is 3.67. The van der Waals surface area contributed by atoms with Gasteiger partial charge < -0.3 is 4.98 Å². The molecule has 0 spiro atoms. The number of fused-ring (bicyclic) bond motifs is 1. The van der Waals surface area contributed by atoms with Crippen molar-refractivity contribution in [2.75, 3.05) is 0 Å². The first-order valence-corrected chi connectivity index (χ1v) is 4.67. The Balaban J connectivity index is 2.44. The van der Waals surface area contributed by atoms with Gasteiger partial charge in [0.15, 0.2) is 0 Å². The number of aromatic nitrogens is 1. The molecule has 14 heavy (non-hydrogen) atoms. The first kappa shape index (κ1) is 9.00. The minimum atomic E-state index is -0.183. The van der Waals surface area contributed by atoms with Crippen LogP contribution in [0.4, 0.5) is 4.39 Å². The standard InChI is InChI=1S/C12H12FN/c1-2-3-4-9-8-14-12-6-5-10(13)7-11(9)12/h2,5-8,14H,1,3-4H2. The molecule has 1 nitrogen and oxygen atoms in total. The summed E-state index contributed by atoms with van der Waals surface area (Å²) in [5, 5.41) is 0.979. The summed E-state index contributed by atoms with van der Waals surface area (Å²) in [5.41, 5.74) is 2.14. The van der Waals surface area contributed by atoms with Gasteiger partial charge in [-0.1, -0.05) is 6.08 Å². The average Bonchev–Trinajstić information content (AvgIpc) is 2.57. The number of aryl methyl sites for hydroxylation is 1. The van der Waals surface area contributed by atoms with Crippen LogP contribution in [-0.2, 0) is 6.42 Å². The molecule has 1 aromatic heterocycles. The molecule has 0 unspecified atom stereocenters. The number of aromatic amines is 1. The number of hydrogen-bond acceptors (Lipinski definition) is 0. The largest absolute Gasteiger partial charge is 0.361 e. The number of hydrogen-bond donors (Lipinski definition) is 1. The molecule has 0 aliphatic rings. The summed E-state index contributed by atoms with van der Waals surface area (Å²) >= 11 is 0. The van der Waals surface area contributed by atoms with E-state index in [1.807, 2.05) is 12.3 Å². The van der Waals surface area contributed by atoms with Gasteiger partial charge in [0.05, 0.1) is 0 Å². The lowest BCUT2D eigenvalue weighted by molar-refractivity contribution is 0.629. The van der Waals surface area contributed by atoms with Crippen LogP contribution in [0.15, 0.2) is 37.1 Å². The third-order valence-corrected chi connectivity index (χ3v) is 2.35. The second-order valence-electron chi connectivity index (χ2n) is 3.33. The average molecular weight is 189 g/mol. The Morgan fingerprint density at radius 1 is 1.43 bits per heavy atom. The predicted molar refractivity (Wildman–Crippen MR) is 56.8 cm³/mol. The van der Waals surface area contributed by atoms with Crippen LogP contribution in [-0.4, -0.2) is 4.98 Å². The maximum atomic E-state index is 13.0. The Kier molecular flexibility index (Phi) is 2.35. The van der Waals surface area contributed by atoms with Gasteiger partial charge >= 0.3 is 0 Å². The minimum absolute atomic E-state index is 0.183. The summed E-state index contributed by atoms with van der Waals surface area (Å²) in [7, 11) is 0. The van der Waals surface area contributed by atoms with E-state index in [9.17, 15) is 4.39 Å². The molecule has 2 rings (SSSR count). The predicted octanol–water partition coefficient (Wildman–Crippen LogP) is 3.43.